The van der Waals surface area contributed by atoms with Gasteiger partial charge in [-0.25, -0.2) is 0 Å². The highest BCUT2D eigenvalue weighted by atomic mass is 32.2. The lowest BCUT2D eigenvalue weighted by molar-refractivity contribution is 0.414. The zero-order valence-electron chi connectivity index (χ0n) is 14.3. The van der Waals surface area contributed by atoms with Gasteiger partial charge in [0.25, 0.3) is 0 Å². The van der Waals surface area contributed by atoms with Crippen LogP contribution in [0.5, 0.6) is 5.75 Å². The Labute approximate surface area is 150 Å². The number of ether oxygens (including phenoxy) is 1. The topological polar surface area (TPSA) is 39.9 Å². The third-order valence-electron chi connectivity index (χ3n) is 3.67. The summed E-state index contributed by atoms with van der Waals surface area (Å²) in [5, 5.41) is 12.0. The fourth-order valence-corrected chi connectivity index (χ4v) is 4.20. The normalized spacial score (nSPS) is 11.2. The highest BCUT2D eigenvalue weighted by Crippen LogP contribution is 2.31. The van der Waals surface area contributed by atoms with Gasteiger partial charge in [0.15, 0.2) is 11.0 Å². The minimum Gasteiger partial charge on any atom is -0.497 e. The molecular weight excluding hydrogens is 338 g/mol. The van der Waals surface area contributed by atoms with Gasteiger partial charge in [-0.05, 0) is 44.5 Å². The molecule has 0 saturated heterocycles. The van der Waals surface area contributed by atoms with E-state index in [0.29, 0.717) is 6.04 Å². The molecule has 3 aromatic rings. The van der Waals surface area contributed by atoms with Gasteiger partial charge in [-0.3, -0.25) is 4.57 Å². The van der Waals surface area contributed by atoms with E-state index in [1.807, 2.05) is 12.1 Å². The van der Waals surface area contributed by atoms with E-state index >= 15 is 0 Å². The standard InChI is InChI=1S/C18H21N3OS2/c1-12(2)21-17(15-8-13(3)23-11-15)19-20-18(21)24-10-14-6-5-7-16(9-14)22-4/h5-9,11-12H,10H2,1-4H3. The first-order valence-electron chi connectivity index (χ1n) is 7.84. The predicted molar refractivity (Wildman–Crippen MR) is 101 cm³/mol. The first kappa shape index (κ1) is 17.0. The van der Waals surface area contributed by atoms with Crippen LogP contribution in [0.15, 0.2) is 40.9 Å². The molecule has 0 radical (unpaired) electrons. The zero-order chi connectivity index (χ0) is 17.1. The van der Waals surface area contributed by atoms with Gasteiger partial charge in [0.2, 0.25) is 0 Å². The summed E-state index contributed by atoms with van der Waals surface area (Å²) in [4.78, 5) is 1.29. The third-order valence-corrected chi connectivity index (χ3v) is 5.55. The van der Waals surface area contributed by atoms with Gasteiger partial charge in [0, 0.05) is 27.6 Å². The largest absolute Gasteiger partial charge is 0.497 e. The lowest BCUT2D eigenvalue weighted by atomic mass is 10.2. The lowest BCUT2D eigenvalue weighted by Gasteiger charge is -2.13. The molecule has 0 atom stereocenters. The van der Waals surface area contributed by atoms with Crippen LogP contribution in [-0.2, 0) is 5.75 Å². The average molecular weight is 360 g/mol. The Morgan fingerprint density at radius 3 is 2.75 bits per heavy atom. The summed E-state index contributed by atoms with van der Waals surface area (Å²) in [7, 11) is 1.69. The number of nitrogens with zero attached hydrogens (tertiary/aromatic N) is 3. The second-order valence-electron chi connectivity index (χ2n) is 5.86. The van der Waals surface area contributed by atoms with Crippen LogP contribution in [0.4, 0.5) is 0 Å². The molecule has 0 spiro atoms. The second kappa shape index (κ2) is 7.40. The molecule has 0 fully saturated rings. The summed E-state index contributed by atoms with van der Waals surface area (Å²) in [6.45, 7) is 6.45. The van der Waals surface area contributed by atoms with Gasteiger partial charge in [-0.1, -0.05) is 23.9 Å². The minimum absolute atomic E-state index is 0.308. The number of rotatable bonds is 6. The molecule has 4 nitrogen and oxygen atoms in total. The van der Waals surface area contributed by atoms with Gasteiger partial charge >= 0.3 is 0 Å². The maximum Gasteiger partial charge on any atom is 0.192 e. The summed E-state index contributed by atoms with van der Waals surface area (Å²) in [6.07, 6.45) is 0. The van der Waals surface area contributed by atoms with Crippen molar-refractivity contribution in [2.45, 2.75) is 37.7 Å². The smallest absolute Gasteiger partial charge is 0.192 e. The van der Waals surface area contributed by atoms with Gasteiger partial charge in [0.05, 0.1) is 7.11 Å². The molecule has 2 heterocycles. The van der Waals surface area contributed by atoms with Crippen LogP contribution in [0.3, 0.4) is 0 Å². The van der Waals surface area contributed by atoms with Crippen LogP contribution in [-0.4, -0.2) is 21.9 Å². The molecule has 2 aromatic heterocycles. The summed E-state index contributed by atoms with van der Waals surface area (Å²) >= 11 is 3.45. The number of hydrogen-bond donors (Lipinski definition) is 0. The SMILES string of the molecule is COc1cccc(CSc2nnc(-c3csc(C)c3)n2C(C)C)c1. The van der Waals surface area contributed by atoms with Crippen molar-refractivity contribution in [2.75, 3.05) is 7.11 Å². The van der Waals surface area contributed by atoms with E-state index in [2.05, 4.69) is 59.1 Å². The molecule has 0 amide bonds. The van der Waals surface area contributed by atoms with E-state index in [4.69, 9.17) is 4.74 Å². The Kier molecular flexibility index (Phi) is 5.26. The fraction of sp³-hybridized carbons (Fsp3) is 0.333. The lowest BCUT2D eigenvalue weighted by Crippen LogP contribution is -2.04. The van der Waals surface area contributed by atoms with Gasteiger partial charge < -0.3 is 4.74 Å². The van der Waals surface area contributed by atoms with Crippen molar-refractivity contribution in [3.05, 3.63) is 46.2 Å². The van der Waals surface area contributed by atoms with Crippen LogP contribution < -0.4 is 4.74 Å². The molecular formula is C18H21N3OS2. The number of methoxy groups -OCH3 is 1. The van der Waals surface area contributed by atoms with Crippen molar-refractivity contribution in [1.82, 2.24) is 14.8 Å². The highest BCUT2D eigenvalue weighted by molar-refractivity contribution is 7.98. The second-order valence-corrected chi connectivity index (χ2v) is 7.91. The van der Waals surface area contributed by atoms with Crippen molar-refractivity contribution in [3.63, 3.8) is 0 Å². The first-order valence-corrected chi connectivity index (χ1v) is 9.71. The van der Waals surface area contributed by atoms with Crippen molar-refractivity contribution in [2.24, 2.45) is 0 Å². The summed E-state index contributed by atoms with van der Waals surface area (Å²) < 4.78 is 7.51. The van der Waals surface area contributed by atoms with E-state index in [9.17, 15) is 0 Å². The zero-order valence-corrected chi connectivity index (χ0v) is 15.9. The van der Waals surface area contributed by atoms with Crippen molar-refractivity contribution in [3.8, 4) is 17.1 Å². The molecule has 126 valence electrons. The molecule has 24 heavy (non-hydrogen) atoms. The number of thiophene rings is 1. The van der Waals surface area contributed by atoms with Crippen LogP contribution in [0.2, 0.25) is 0 Å². The van der Waals surface area contributed by atoms with Gasteiger partial charge in [-0.15, -0.1) is 21.5 Å². The number of hydrogen-bond acceptors (Lipinski definition) is 5. The molecule has 0 aliphatic heterocycles. The van der Waals surface area contributed by atoms with Gasteiger partial charge in [-0.2, -0.15) is 0 Å². The van der Waals surface area contributed by atoms with E-state index in [1.54, 1.807) is 30.2 Å². The van der Waals surface area contributed by atoms with Crippen LogP contribution in [0.25, 0.3) is 11.4 Å². The quantitative estimate of drug-likeness (QED) is 0.567. The number of thioether (sulfide) groups is 1. The highest BCUT2D eigenvalue weighted by Gasteiger charge is 2.17. The van der Waals surface area contributed by atoms with E-state index in [0.717, 1.165) is 28.0 Å². The van der Waals surface area contributed by atoms with Gasteiger partial charge in [0.1, 0.15) is 5.75 Å². The molecule has 0 aliphatic carbocycles. The molecule has 6 heteroatoms. The first-order chi connectivity index (χ1) is 11.6. The van der Waals surface area contributed by atoms with E-state index < -0.39 is 0 Å². The molecule has 0 N–H and O–H groups in total. The Morgan fingerprint density at radius 2 is 2.08 bits per heavy atom. The third kappa shape index (κ3) is 3.65. The summed E-state index contributed by atoms with van der Waals surface area (Å²) in [5.41, 5.74) is 2.36. The molecule has 0 saturated carbocycles. The number of aryl methyl sites for hydroxylation is 1. The summed E-state index contributed by atoms with van der Waals surface area (Å²) in [6, 6.07) is 10.6. The number of aromatic nitrogens is 3. The van der Waals surface area contributed by atoms with Crippen molar-refractivity contribution in [1.29, 1.82) is 0 Å². The van der Waals surface area contributed by atoms with Crippen LogP contribution >= 0.6 is 23.1 Å². The Morgan fingerprint density at radius 1 is 1.25 bits per heavy atom. The number of benzene rings is 1. The Hall–Kier alpha value is -1.79. The maximum atomic E-state index is 5.29. The van der Waals surface area contributed by atoms with Crippen molar-refractivity contribution < 1.29 is 4.74 Å². The molecule has 0 bridgehead atoms. The molecule has 0 unspecified atom stereocenters. The van der Waals surface area contributed by atoms with Crippen LogP contribution in [0.1, 0.15) is 30.3 Å². The monoisotopic (exact) mass is 359 g/mol. The van der Waals surface area contributed by atoms with E-state index in [1.165, 1.54) is 10.4 Å². The predicted octanol–water partition coefficient (Wildman–Crippen LogP) is 5.20. The molecule has 0 aliphatic rings. The Bertz CT molecular complexity index is 823. The van der Waals surface area contributed by atoms with Crippen LogP contribution in [0, 0.1) is 6.92 Å². The minimum atomic E-state index is 0.308. The fourth-order valence-electron chi connectivity index (χ4n) is 2.51. The Balaban J connectivity index is 1.84. The van der Waals surface area contributed by atoms with E-state index in [-0.39, 0.29) is 0 Å². The van der Waals surface area contributed by atoms with Crippen molar-refractivity contribution >= 4 is 23.1 Å². The maximum absolute atomic E-state index is 5.29. The molecule has 1 aromatic carbocycles. The molecule has 3 rings (SSSR count). The summed E-state index contributed by atoms with van der Waals surface area (Å²) in [5.74, 6) is 2.67. The average Bonchev–Trinajstić information content (AvgIpc) is 3.19.